The molecular formula is C6H5BrCl2N2. The molecule has 1 rings (SSSR count). The smallest absolute Gasteiger partial charge is 0.146 e. The number of alkyl halides is 1. The summed E-state index contributed by atoms with van der Waals surface area (Å²) in [5, 5.41) is 0.431. The maximum atomic E-state index is 5.71. The van der Waals surface area contributed by atoms with Crippen LogP contribution in [0.2, 0.25) is 5.15 Å². The molecule has 0 unspecified atom stereocenters. The van der Waals surface area contributed by atoms with Crippen LogP contribution in [0.4, 0.5) is 0 Å². The van der Waals surface area contributed by atoms with E-state index in [1.54, 1.807) is 0 Å². The van der Waals surface area contributed by atoms with Gasteiger partial charge in [-0.1, -0.05) is 11.6 Å². The fraction of sp³-hybridized carbons (Fsp3) is 0.333. The van der Waals surface area contributed by atoms with Crippen LogP contribution in [0.5, 0.6) is 0 Å². The largest absolute Gasteiger partial charge is 0.240 e. The van der Waals surface area contributed by atoms with E-state index < -0.39 is 0 Å². The third kappa shape index (κ3) is 2.29. The van der Waals surface area contributed by atoms with E-state index in [2.05, 4.69) is 25.9 Å². The Balaban J connectivity index is 2.96. The molecule has 0 spiro atoms. The minimum atomic E-state index is 0.431. The predicted molar refractivity (Wildman–Crippen MR) is 49.2 cm³/mol. The normalized spacial score (nSPS) is 10.1. The lowest BCUT2D eigenvalue weighted by atomic mass is 10.3. The molecule has 0 aliphatic rings. The summed E-state index contributed by atoms with van der Waals surface area (Å²) in [6.45, 7) is 0. The van der Waals surface area contributed by atoms with Gasteiger partial charge in [-0.15, -0.1) is 11.6 Å². The number of rotatable bonds is 2. The molecule has 0 fully saturated rings. The Morgan fingerprint density at radius 1 is 1.45 bits per heavy atom. The van der Waals surface area contributed by atoms with E-state index in [1.807, 2.05) is 0 Å². The lowest BCUT2D eigenvalue weighted by molar-refractivity contribution is 0.988. The fourth-order valence-corrected chi connectivity index (χ4v) is 1.38. The Morgan fingerprint density at radius 3 is 2.82 bits per heavy atom. The standard InChI is InChI=1S/C6H5BrCl2N2/c7-5-4(1-2-8)10-3-11-6(5)9/h3H,1-2H2. The van der Waals surface area contributed by atoms with Gasteiger partial charge in [0.1, 0.15) is 11.5 Å². The molecular weight excluding hydrogens is 251 g/mol. The number of halogens is 3. The van der Waals surface area contributed by atoms with Crippen molar-refractivity contribution < 1.29 is 0 Å². The maximum Gasteiger partial charge on any atom is 0.146 e. The highest BCUT2D eigenvalue weighted by molar-refractivity contribution is 9.10. The highest BCUT2D eigenvalue weighted by Gasteiger charge is 2.04. The van der Waals surface area contributed by atoms with E-state index in [9.17, 15) is 0 Å². The van der Waals surface area contributed by atoms with Crippen molar-refractivity contribution in [2.75, 3.05) is 5.88 Å². The Kier molecular flexibility index (Phi) is 3.55. The molecule has 1 aromatic rings. The van der Waals surface area contributed by atoms with Crippen LogP contribution in [0, 0.1) is 0 Å². The lowest BCUT2D eigenvalue weighted by Gasteiger charge is -2.00. The van der Waals surface area contributed by atoms with Crippen molar-refractivity contribution >= 4 is 39.1 Å². The van der Waals surface area contributed by atoms with Crippen molar-refractivity contribution in [3.8, 4) is 0 Å². The summed E-state index contributed by atoms with van der Waals surface area (Å²) >= 11 is 14.5. The van der Waals surface area contributed by atoms with Crippen LogP contribution in [-0.4, -0.2) is 15.8 Å². The van der Waals surface area contributed by atoms with Crippen LogP contribution in [0.1, 0.15) is 5.69 Å². The molecule has 0 aliphatic carbocycles. The molecule has 0 radical (unpaired) electrons. The molecule has 0 amide bonds. The monoisotopic (exact) mass is 254 g/mol. The Labute approximate surface area is 83.1 Å². The van der Waals surface area contributed by atoms with Crippen LogP contribution in [0.3, 0.4) is 0 Å². The molecule has 2 nitrogen and oxygen atoms in total. The first kappa shape index (κ1) is 9.23. The summed E-state index contributed by atoms with van der Waals surface area (Å²) in [7, 11) is 0. The Bertz CT molecular complexity index is 254. The van der Waals surface area contributed by atoms with E-state index in [4.69, 9.17) is 23.2 Å². The van der Waals surface area contributed by atoms with Crippen molar-refractivity contribution in [2.24, 2.45) is 0 Å². The van der Waals surface area contributed by atoms with Crippen molar-refractivity contribution in [3.05, 3.63) is 21.6 Å². The molecule has 0 saturated carbocycles. The molecule has 0 atom stereocenters. The second kappa shape index (κ2) is 4.24. The van der Waals surface area contributed by atoms with E-state index in [0.717, 1.165) is 10.2 Å². The van der Waals surface area contributed by atoms with Gasteiger partial charge >= 0.3 is 0 Å². The van der Waals surface area contributed by atoms with Gasteiger partial charge in [-0.2, -0.15) is 0 Å². The lowest BCUT2D eigenvalue weighted by Crippen LogP contribution is -1.94. The Morgan fingerprint density at radius 2 is 2.18 bits per heavy atom. The molecule has 0 aromatic carbocycles. The van der Waals surface area contributed by atoms with Crippen LogP contribution >= 0.6 is 39.1 Å². The molecule has 11 heavy (non-hydrogen) atoms. The van der Waals surface area contributed by atoms with Gasteiger partial charge in [-0.3, -0.25) is 0 Å². The summed E-state index contributed by atoms with van der Waals surface area (Å²) in [6, 6.07) is 0. The van der Waals surface area contributed by atoms with Gasteiger partial charge < -0.3 is 0 Å². The van der Waals surface area contributed by atoms with E-state index in [-0.39, 0.29) is 0 Å². The molecule has 0 bridgehead atoms. The van der Waals surface area contributed by atoms with Gasteiger partial charge in [0.25, 0.3) is 0 Å². The Hall–Kier alpha value is 0.140. The van der Waals surface area contributed by atoms with Crippen LogP contribution in [0.25, 0.3) is 0 Å². The van der Waals surface area contributed by atoms with Crippen molar-refractivity contribution in [2.45, 2.75) is 6.42 Å². The average molecular weight is 256 g/mol. The molecule has 1 aromatic heterocycles. The third-order valence-corrected chi connectivity index (χ3v) is 2.69. The summed E-state index contributed by atoms with van der Waals surface area (Å²) in [4.78, 5) is 7.79. The zero-order valence-corrected chi connectivity index (χ0v) is 8.62. The number of aryl methyl sites for hydroxylation is 1. The predicted octanol–water partition coefficient (Wildman–Crippen LogP) is 2.67. The number of nitrogens with zero attached hydrogens (tertiary/aromatic N) is 2. The molecule has 0 saturated heterocycles. The molecule has 60 valence electrons. The molecule has 0 N–H and O–H groups in total. The number of aromatic nitrogens is 2. The minimum absolute atomic E-state index is 0.431. The first-order valence-corrected chi connectivity index (χ1v) is 4.67. The van der Waals surface area contributed by atoms with Gasteiger partial charge in [0.2, 0.25) is 0 Å². The first-order valence-electron chi connectivity index (χ1n) is 2.96. The first-order chi connectivity index (χ1) is 5.25. The van der Waals surface area contributed by atoms with Crippen molar-refractivity contribution in [1.29, 1.82) is 0 Å². The molecule has 0 aliphatic heterocycles. The fourth-order valence-electron chi connectivity index (χ4n) is 0.645. The summed E-state index contributed by atoms with van der Waals surface area (Å²) < 4.78 is 0.738. The van der Waals surface area contributed by atoms with Crippen LogP contribution in [0.15, 0.2) is 10.8 Å². The number of hydrogen-bond acceptors (Lipinski definition) is 2. The SMILES string of the molecule is ClCCc1ncnc(Cl)c1Br. The summed E-state index contributed by atoms with van der Waals surface area (Å²) in [5.41, 5.74) is 0.847. The molecule has 5 heteroatoms. The van der Waals surface area contributed by atoms with Gasteiger partial charge in [0.15, 0.2) is 0 Å². The quantitative estimate of drug-likeness (QED) is 0.600. The van der Waals surface area contributed by atoms with Gasteiger partial charge in [0.05, 0.1) is 10.2 Å². The second-order valence-electron chi connectivity index (χ2n) is 1.86. The second-order valence-corrected chi connectivity index (χ2v) is 3.39. The highest BCUT2D eigenvalue weighted by Crippen LogP contribution is 2.22. The summed E-state index contributed by atoms with van der Waals surface area (Å²) in [5.74, 6) is 0.534. The van der Waals surface area contributed by atoms with Crippen molar-refractivity contribution in [1.82, 2.24) is 9.97 Å². The van der Waals surface area contributed by atoms with E-state index >= 15 is 0 Å². The minimum Gasteiger partial charge on any atom is -0.240 e. The van der Waals surface area contributed by atoms with Gasteiger partial charge in [-0.25, -0.2) is 9.97 Å². The zero-order chi connectivity index (χ0) is 8.27. The van der Waals surface area contributed by atoms with Gasteiger partial charge in [0, 0.05) is 12.3 Å². The molecule has 1 heterocycles. The van der Waals surface area contributed by atoms with Crippen LogP contribution < -0.4 is 0 Å². The van der Waals surface area contributed by atoms with Crippen molar-refractivity contribution in [3.63, 3.8) is 0 Å². The maximum absolute atomic E-state index is 5.71. The van der Waals surface area contributed by atoms with Crippen LogP contribution in [-0.2, 0) is 6.42 Å². The van der Waals surface area contributed by atoms with E-state index in [1.165, 1.54) is 6.33 Å². The highest BCUT2D eigenvalue weighted by atomic mass is 79.9. The van der Waals surface area contributed by atoms with E-state index in [0.29, 0.717) is 17.5 Å². The summed E-state index contributed by atoms with van der Waals surface area (Å²) in [6.07, 6.45) is 2.12. The average Bonchev–Trinajstić information content (AvgIpc) is 1.99. The topological polar surface area (TPSA) is 25.8 Å². The number of hydrogen-bond donors (Lipinski definition) is 0. The van der Waals surface area contributed by atoms with Gasteiger partial charge in [-0.05, 0) is 15.9 Å². The third-order valence-electron chi connectivity index (χ3n) is 1.15. The zero-order valence-electron chi connectivity index (χ0n) is 5.52.